The van der Waals surface area contributed by atoms with Crippen LogP contribution in [0.25, 0.3) is 0 Å². The minimum atomic E-state index is -0.949. The van der Waals surface area contributed by atoms with E-state index in [9.17, 15) is 14.0 Å². The van der Waals surface area contributed by atoms with Gasteiger partial charge in [0.2, 0.25) is 0 Å². The molecule has 1 atom stereocenters. The van der Waals surface area contributed by atoms with Crippen LogP contribution in [0, 0.1) is 5.82 Å². The van der Waals surface area contributed by atoms with Crippen molar-refractivity contribution in [1.82, 2.24) is 5.32 Å². The van der Waals surface area contributed by atoms with Crippen molar-refractivity contribution in [2.45, 2.75) is 32.9 Å². The number of halogens is 1. The monoisotopic (exact) mass is 268 g/mol. The van der Waals surface area contributed by atoms with Gasteiger partial charge in [-0.05, 0) is 39.0 Å². The third-order valence-electron chi connectivity index (χ3n) is 2.32. The van der Waals surface area contributed by atoms with Gasteiger partial charge in [-0.2, -0.15) is 0 Å². The Morgan fingerprint density at radius 1 is 1.32 bits per heavy atom. The fraction of sp³-hybridized carbons (Fsp3) is 0.385. The van der Waals surface area contributed by atoms with E-state index in [2.05, 4.69) is 5.32 Å². The summed E-state index contributed by atoms with van der Waals surface area (Å²) in [5, 5.41) is 2.61. The molecule has 104 valence electrons. The number of hydrogen-bond acceptors (Lipinski definition) is 4. The van der Waals surface area contributed by atoms with Gasteiger partial charge < -0.3 is 15.8 Å². The second-order valence-electron chi connectivity index (χ2n) is 4.45. The van der Waals surface area contributed by atoms with Crippen LogP contribution in [-0.4, -0.2) is 24.0 Å². The standard InChI is InChI=1S/C13H17FN2O3/c1-7(2)16-12(17)8(3)19-13(18)9-4-5-11(15)10(14)6-9/h4-8H,15H2,1-3H3,(H,16,17). The fourth-order valence-corrected chi connectivity index (χ4v) is 1.34. The number of carbonyl (C=O) groups excluding carboxylic acids is 2. The van der Waals surface area contributed by atoms with Crippen molar-refractivity contribution in [2.24, 2.45) is 0 Å². The van der Waals surface area contributed by atoms with Crippen LogP contribution in [0.3, 0.4) is 0 Å². The maximum atomic E-state index is 13.2. The minimum absolute atomic E-state index is 0.0101. The molecule has 0 aliphatic carbocycles. The number of esters is 1. The van der Waals surface area contributed by atoms with E-state index in [1.54, 1.807) is 13.8 Å². The van der Waals surface area contributed by atoms with Crippen LogP contribution in [0.4, 0.5) is 10.1 Å². The van der Waals surface area contributed by atoms with Gasteiger partial charge in [0.05, 0.1) is 11.3 Å². The molecule has 19 heavy (non-hydrogen) atoms. The van der Waals surface area contributed by atoms with Crippen molar-refractivity contribution >= 4 is 17.6 Å². The summed E-state index contributed by atoms with van der Waals surface area (Å²) in [5.41, 5.74) is 5.26. The Hall–Kier alpha value is -2.11. The van der Waals surface area contributed by atoms with E-state index in [0.29, 0.717) is 0 Å². The molecule has 0 spiro atoms. The van der Waals surface area contributed by atoms with Crippen LogP contribution in [0.5, 0.6) is 0 Å². The van der Waals surface area contributed by atoms with Gasteiger partial charge in [-0.25, -0.2) is 9.18 Å². The zero-order chi connectivity index (χ0) is 14.6. The molecule has 0 bridgehead atoms. The molecule has 0 heterocycles. The van der Waals surface area contributed by atoms with Crippen LogP contribution < -0.4 is 11.1 Å². The topological polar surface area (TPSA) is 81.4 Å². The summed E-state index contributed by atoms with van der Waals surface area (Å²) < 4.78 is 18.1. The molecule has 0 fully saturated rings. The zero-order valence-electron chi connectivity index (χ0n) is 11.1. The molecule has 1 aromatic carbocycles. The Balaban J connectivity index is 2.68. The molecule has 0 aromatic heterocycles. The second kappa shape index (κ2) is 6.17. The SMILES string of the molecule is CC(C)NC(=O)C(C)OC(=O)c1ccc(N)c(F)c1. The molecule has 6 heteroatoms. The predicted molar refractivity (Wildman–Crippen MR) is 69.0 cm³/mol. The zero-order valence-corrected chi connectivity index (χ0v) is 11.1. The number of nitrogens with two attached hydrogens (primary N) is 1. The van der Waals surface area contributed by atoms with Crippen molar-refractivity contribution in [3.05, 3.63) is 29.6 Å². The fourth-order valence-electron chi connectivity index (χ4n) is 1.34. The molecule has 1 amide bonds. The lowest BCUT2D eigenvalue weighted by Crippen LogP contribution is -2.39. The van der Waals surface area contributed by atoms with Crippen LogP contribution in [0.1, 0.15) is 31.1 Å². The molecule has 1 aromatic rings. The number of nitrogens with one attached hydrogen (secondary N) is 1. The number of carbonyl (C=O) groups is 2. The van der Waals surface area contributed by atoms with E-state index in [-0.39, 0.29) is 17.3 Å². The highest BCUT2D eigenvalue weighted by Gasteiger charge is 2.19. The van der Waals surface area contributed by atoms with Crippen LogP contribution in [0.15, 0.2) is 18.2 Å². The first kappa shape index (κ1) is 14.9. The average molecular weight is 268 g/mol. The number of hydrogen-bond donors (Lipinski definition) is 2. The first-order valence-electron chi connectivity index (χ1n) is 5.87. The predicted octanol–water partition coefficient (Wildman–Crippen LogP) is 1.48. The molecule has 0 saturated heterocycles. The van der Waals surface area contributed by atoms with E-state index < -0.39 is 23.8 Å². The lowest BCUT2D eigenvalue weighted by Gasteiger charge is -2.15. The van der Waals surface area contributed by atoms with Gasteiger partial charge in [0.1, 0.15) is 5.82 Å². The maximum absolute atomic E-state index is 13.2. The summed E-state index contributed by atoms with van der Waals surface area (Å²) in [7, 11) is 0. The minimum Gasteiger partial charge on any atom is -0.449 e. The lowest BCUT2D eigenvalue weighted by atomic mass is 10.2. The van der Waals surface area contributed by atoms with Crippen LogP contribution in [0.2, 0.25) is 0 Å². The Kier molecular flexibility index (Phi) is 4.86. The Bertz CT molecular complexity index is 489. The molecule has 0 aliphatic heterocycles. The maximum Gasteiger partial charge on any atom is 0.339 e. The molecular formula is C13H17FN2O3. The van der Waals surface area contributed by atoms with Gasteiger partial charge in [0.15, 0.2) is 6.10 Å². The number of amides is 1. The highest BCUT2D eigenvalue weighted by molar-refractivity contribution is 5.92. The number of benzene rings is 1. The summed E-state index contributed by atoms with van der Waals surface area (Å²) in [4.78, 5) is 23.3. The molecular weight excluding hydrogens is 251 g/mol. The molecule has 1 rings (SSSR count). The van der Waals surface area contributed by atoms with Crippen LogP contribution in [-0.2, 0) is 9.53 Å². The second-order valence-corrected chi connectivity index (χ2v) is 4.45. The summed E-state index contributed by atoms with van der Waals surface area (Å²) in [5.74, 6) is -1.88. The normalized spacial score (nSPS) is 12.1. The summed E-state index contributed by atoms with van der Waals surface area (Å²) in [6.07, 6.45) is -0.949. The highest BCUT2D eigenvalue weighted by atomic mass is 19.1. The van der Waals surface area contributed by atoms with Gasteiger partial charge in [-0.3, -0.25) is 4.79 Å². The molecule has 0 saturated carbocycles. The lowest BCUT2D eigenvalue weighted by molar-refractivity contribution is -0.129. The third kappa shape index (κ3) is 4.24. The molecule has 1 unspecified atom stereocenters. The van der Waals surface area contributed by atoms with E-state index in [1.165, 1.54) is 19.1 Å². The molecule has 3 N–H and O–H groups in total. The number of anilines is 1. The van der Waals surface area contributed by atoms with Gasteiger partial charge in [-0.15, -0.1) is 0 Å². The van der Waals surface area contributed by atoms with E-state index in [0.717, 1.165) is 6.07 Å². The Labute approximate surface area is 110 Å². The van der Waals surface area contributed by atoms with Crippen molar-refractivity contribution < 1.29 is 18.7 Å². The van der Waals surface area contributed by atoms with Crippen molar-refractivity contribution in [2.75, 3.05) is 5.73 Å². The van der Waals surface area contributed by atoms with E-state index in [1.807, 2.05) is 0 Å². The Morgan fingerprint density at radius 3 is 2.47 bits per heavy atom. The number of rotatable bonds is 4. The van der Waals surface area contributed by atoms with E-state index in [4.69, 9.17) is 10.5 Å². The van der Waals surface area contributed by atoms with Crippen molar-refractivity contribution in [1.29, 1.82) is 0 Å². The molecule has 0 aliphatic rings. The summed E-state index contributed by atoms with van der Waals surface area (Å²) in [6.45, 7) is 5.03. The smallest absolute Gasteiger partial charge is 0.339 e. The molecule has 5 nitrogen and oxygen atoms in total. The largest absolute Gasteiger partial charge is 0.449 e. The first-order valence-corrected chi connectivity index (χ1v) is 5.87. The average Bonchev–Trinajstić information content (AvgIpc) is 2.31. The highest BCUT2D eigenvalue weighted by Crippen LogP contribution is 2.13. The van der Waals surface area contributed by atoms with Gasteiger partial charge in [0, 0.05) is 6.04 Å². The van der Waals surface area contributed by atoms with Gasteiger partial charge in [-0.1, -0.05) is 0 Å². The first-order chi connectivity index (χ1) is 8.81. The summed E-state index contributed by atoms with van der Waals surface area (Å²) >= 11 is 0. The van der Waals surface area contributed by atoms with Crippen molar-refractivity contribution in [3.8, 4) is 0 Å². The third-order valence-corrected chi connectivity index (χ3v) is 2.32. The van der Waals surface area contributed by atoms with Gasteiger partial charge >= 0.3 is 5.97 Å². The number of ether oxygens (including phenoxy) is 1. The van der Waals surface area contributed by atoms with Gasteiger partial charge in [0.25, 0.3) is 5.91 Å². The quantitative estimate of drug-likeness (QED) is 0.640. The summed E-state index contributed by atoms with van der Waals surface area (Å²) in [6, 6.07) is 3.53. The van der Waals surface area contributed by atoms with E-state index >= 15 is 0 Å². The van der Waals surface area contributed by atoms with Crippen LogP contribution >= 0.6 is 0 Å². The Morgan fingerprint density at radius 2 is 1.95 bits per heavy atom. The number of nitrogen functional groups attached to an aromatic ring is 1. The van der Waals surface area contributed by atoms with Crippen molar-refractivity contribution in [3.63, 3.8) is 0 Å². The molecule has 0 radical (unpaired) electrons.